The minimum atomic E-state index is -0.735. The number of nitrogen functional groups attached to an aromatic ring is 2. The Bertz CT molecular complexity index is 1030. The van der Waals surface area contributed by atoms with Gasteiger partial charge in [-0.25, -0.2) is 9.97 Å². The number of primary amides is 1. The van der Waals surface area contributed by atoms with Gasteiger partial charge in [0.15, 0.2) is 11.5 Å². The maximum Gasteiger partial charge on any atom is 0.271 e. The summed E-state index contributed by atoms with van der Waals surface area (Å²) in [6, 6.07) is 14.5. The lowest BCUT2D eigenvalue weighted by molar-refractivity contribution is 0.0949. The van der Waals surface area contributed by atoms with Gasteiger partial charge < -0.3 is 22.5 Å². The number of nitrogens with one attached hydrogen (secondary N) is 1. The number of amides is 2. The van der Waals surface area contributed by atoms with Crippen molar-refractivity contribution in [2.45, 2.75) is 13.0 Å². The highest BCUT2D eigenvalue weighted by Gasteiger charge is 2.12. The molecule has 0 saturated heterocycles. The second-order valence-corrected chi connectivity index (χ2v) is 6.26. The lowest BCUT2D eigenvalue weighted by Gasteiger charge is -2.08. The second kappa shape index (κ2) is 8.17. The quantitative estimate of drug-likeness (QED) is 0.476. The first-order valence-corrected chi connectivity index (χ1v) is 8.55. The van der Waals surface area contributed by atoms with E-state index in [0.29, 0.717) is 29.9 Å². The molecule has 1 heterocycles. The van der Waals surface area contributed by atoms with E-state index in [-0.39, 0.29) is 17.4 Å². The zero-order valence-electron chi connectivity index (χ0n) is 15.1. The standard InChI is InChI=1S/C20H20N6O2/c21-15-6-2-4-13(8-15)10-25-20(28)14-5-1-3-12(7-14)9-16-11-24-18(22)17(26-16)19(23)27/h1-8,11H,9-10,21H2,(H2,22,24)(H2,23,27)(H,25,28). The fraction of sp³-hybridized carbons (Fsp3) is 0.100. The van der Waals surface area contributed by atoms with E-state index in [1.165, 1.54) is 6.20 Å². The van der Waals surface area contributed by atoms with Crippen molar-refractivity contribution in [1.82, 2.24) is 15.3 Å². The minimum Gasteiger partial charge on any atom is -0.399 e. The fourth-order valence-corrected chi connectivity index (χ4v) is 2.72. The highest BCUT2D eigenvalue weighted by atomic mass is 16.2. The maximum atomic E-state index is 12.4. The number of hydrogen-bond donors (Lipinski definition) is 4. The van der Waals surface area contributed by atoms with Crippen LogP contribution in [0.2, 0.25) is 0 Å². The molecule has 0 radical (unpaired) electrons. The topological polar surface area (TPSA) is 150 Å². The van der Waals surface area contributed by atoms with Crippen LogP contribution in [0.4, 0.5) is 11.5 Å². The van der Waals surface area contributed by atoms with Crippen molar-refractivity contribution in [1.29, 1.82) is 0 Å². The normalized spacial score (nSPS) is 10.4. The van der Waals surface area contributed by atoms with E-state index < -0.39 is 5.91 Å². The van der Waals surface area contributed by atoms with E-state index >= 15 is 0 Å². The van der Waals surface area contributed by atoms with Crippen LogP contribution in [-0.2, 0) is 13.0 Å². The predicted octanol–water partition coefficient (Wildman–Crippen LogP) is 1.26. The molecular weight excluding hydrogens is 356 g/mol. The third-order valence-corrected chi connectivity index (χ3v) is 4.06. The highest BCUT2D eigenvalue weighted by molar-refractivity contribution is 5.95. The lowest BCUT2D eigenvalue weighted by Crippen LogP contribution is -2.23. The van der Waals surface area contributed by atoms with E-state index in [1.807, 2.05) is 24.3 Å². The summed E-state index contributed by atoms with van der Waals surface area (Å²) in [4.78, 5) is 31.9. The van der Waals surface area contributed by atoms with Gasteiger partial charge in [0.2, 0.25) is 0 Å². The third kappa shape index (κ3) is 4.61. The van der Waals surface area contributed by atoms with Crippen molar-refractivity contribution < 1.29 is 9.59 Å². The molecule has 0 bridgehead atoms. The molecule has 0 aliphatic rings. The van der Waals surface area contributed by atoms with Gasteiger partial charge in [0.05, 0.1) is 11.9 Å². The molecule has 0 unspecified atom stereocenters. The van der Waals surface area contributed by atoms with Crippen molar-refractivity contribution in [2.24, 2.45) is 5.73 Å². The van der Waals surface area contributed by atoms with Crippen LogP contribution in [0.15, 0.2) is 54.7 Å². The Hall–Kier alpha value is -3.94. The van der Waals surface area contributed by atoms with Crippen LogP contribution in [0.3, 0.4) is 0 Å². The first kappa shape index (κ1) is 18.8. The van der Waals surface area contributed by atoms with Gasteiger partial charge in [0, 0.05) is 24.2 Å². The molecule has 0 aliphatic carbocycles. The van der Waals surface area contributed by atoms with Crippen molar-refractivity contribution in [2.75, 3.05) is 11.5 Å². The number of anilines is 2. The Morgan fingerprint density at radius 1 is 1.00 bits per heavy atom. The molecule has 0 atom stereocenters. The van der Waals surface area contributed by atoms with E-state index in [2.05, 4.69) is 15.3 Å². The Kier molecular flexibility index (Phi) is 5.50. The molecule has 7 N–H and O–H groups in total. The van der Waals surface area contributed by atoms with Crippen LogP contribution in [0.1, 0.15) is 37.7 Å². The molecule has 0 aliphatic heterocycles. The van der Waals surface area contributed by atoms with Crippen molar-refractivity contribution >= 4 is 23.3 Å². The first-order valence-electron chi connectivity index (χ1n) is 8.55. The number of aromatic nitrogens is 2. The predicted molar refractivity (Wildman–Crippen MR) is 106 cm³/mol. The summed E-state index contributed by atoms with van der Waals surface area (Å²) < 4.78 is 0. The third-order valence-electron chi connectivity index (χ3n) is 4.06. The summed E-state index contributed by atoms with van der Waals surface area (Å²) in [6.45, 7) is 0.375. The molecule has 0 saturated carbocycles. The maximum absolute atomic E-state index is 12.4. The summed E-state index contributed by atoms with van der Waals surface area (Å²) in [5.41, 5.74) is 20.0. The molecule has 2 aromatic carbocycles. The number of carbonyl (C=O) groups is 2. The summed E-state index contributed by atoms with van der Waals surface area (Å²) in [6.07, 6.45) is 1.86. The first-order chi connectivity index (χ1) is 13.4. The minimum absolute atomic E-state index is 0.00840. The molecule has 28 heavy (non-hydrogen) atoms. The van der Waals surface area contributed by atoms with Gasteiger partial charge in [-0.15, -0.1) is 0 Å². The zero-order valence-corrected chi connectivity index (χ0v) is 15.1. The van der Waals surface area contributed by atoms with Crippen LogP contribution in [0, 0.1) is 0 Å². The van der Waals surface area contributed by atoms with E-state index in [9.17, 15) is 9.59 Å². The molecule has 0 fully saturated rings. The number of rotatable bonds is 6. The van der Waals surface area contributed by atoms with Crippen molar-refractivity contribution in [3.8, 4) is 0 Å². The number of hydrogen-bond acceptors (Lipinski definition) is 6. The number of nitrogens with two attached hydrogens (primary N) is 3. The van der Waals surface area contributed by atoms with Crippen LogP contribution >= 0.6 is 0 Å². The summed E-state index contributed by atoms with van der Waals surface area (Å²) in [7, 11) is 0. The fourth-order valence-electron chi connectivity index (χ4n) is 2.72. The Balaban J connectivity index is 1.70. The molecule has 2 amide bonds. The van der Waals surface area contributed by atoms with Crippen LogP contribution < -0.4 is 22.5 Å². The summed E-state index contributed by atoms with van der Waals surface area (Å²) in [5, 5.41) is 2.86. The van der Waals surface area contributed by atoms with Gasteiger partial charge >= 0.3 is 0 Å². The molecule has 142 valence electrons. The monoisotopic (exact) mass is 376 g/mol. The number of nitrogens with zero attached hydrogens (tertiary/aromatic N) is 2. The van der Waals surface area contributed by atoms with E-state index in [0.717, 1.165) is 11.1 Å². The van der Waals surface area contributed by atoms with E-state index in [1.54, 1.807) is 24.3 Å². The summed E-state index contributed by atoms with van der Waals surface area (Å²) >= 11 is 0. The lowest BCUT2D eigenvalue weighted by atomic mass is 10.1. The molecule has 1 aromatic heterocycles. The average molecular weight is 376 g/mol. The van der Waals surface area contributed by atoms with Gasteiger partial charge in [-0.3, -0.25) is 9.59 Å². The van der Waals surface area contributed by atoms with Gasteiger partial charge in [0.1, 0.15) is 0 Å². The largest absolute Gasteiger partial charge is 0.399 e. The van der Waals surface area contributed by atoms with Gasteiger partial charge in [0.25, 0.3) is 11.8 Å². The molecule has 3 aromatic rings. The molecule has 8 nitrogen and oxygen atoms in total. The number of benzene rings is 2. The highest BCUT2D eigenvalue weighted by Crippen LogP contribution is 2.13. The van der Waals surface area contributed by atoms with Crippen LogP contribution in [-0.4, -0.2) is 21.8 Å². The molecular formula is C20H20N6O2. The Labute approximate surface area is 161 Å². The Morgan fingerprint density at radius 2 is 1.75 bits per heavy atom. The van der Waals surface area contributed by atoms with Crippen LogP contribution in [0.5, 0.6) is 0 Å². The molecule has 0 spiro atoms. The second-order valence-electron chi connectivity index (χ2n) is 6.26. The van der Waals surface area contributed by atoms with Gasteiger partial charge in [-0.05, 0) is 35.4 Å². The average Bonchev–Trinajstić information content (AvgIpc) is 2.67. The van der Waals surface area contributed by atoms with Gasteiger partial charge in [-0.1, -0.05) is 24.3 Å². The molecule has 8 heteroatoms. The van der Waals surface area contributed by atoms with Gasteiger partial charge in [-0.2, -0.15) is 0 Å². The van der Waals surface area contributed by atoms with Crippen molar-refractivity contribution in [3.63, 3.8) is 0 Å². The van der Waals surface area contributed by atoms with Crippen LogP contribution in [0.25, 0.3) is 0 Å². The number of carbonyl (C=O) groups excluding carboxylic acids is 2. The summed E-state index contributed by atoms with van der Waals surface area (Å²) in [5.74, 6) is -0.946. The van der Waals surface area contributed by atoms with Crippen molar-refractivity contribution in [3.05, 3.63) is 82.8 Å². The van der Waals surface area contributed by atoms with E-state index in [4.69, 9.17) is 17.2 Å². The Morgan fingerprint density at radius 3 is 2.50 bits per heavy atom. The zero-order chi connectivity index (χ0) is 20.1. The smallest absolute Gasteiger partial charge is 0.271 e. The molecule has 3 rings (SSSR count). The SMILES string of the molecule is NC(=O)c1nc(Cc2cccc(C(=O)NCc3cccc(N)c3)c2)cnc1N.